The summed E-state index contributed by atoms with van der Waals surface area (Å²) in [6.45, 7) is -0.0246. The highest BCUT2D eigenvalue weighted by molar-refractivity contribution is 5.54. The summed E-state index contributed by atoms with van der Waals surface area (Å²) in [4.78, 5) is 1.37. The molecule has 0 aliphatic heterocycles. The molecule has 0 spiro atoms. The predicted molar refractivity (Wildman–Crippen MR) is 55.0 cm³/mol. The fourth-order valence-electron chi connectivity index (χ4n) is 1.30. The van der Waals surface area contributed by atoms with Crippen molar-refractivity contribution in [3.05, 3.63) is 29.3 Å². The normalized spacial score (nSPS) is 10.5. The summed E-state index contributed by atoms with van der Waals surface area (Å²) in [7, 11) is 1.50. The summed E-state index contributed by atoms with van der Waals surface area (Å²) in [5.41, 5.74) is -1.16. The molecule has 0 N–H and O–H groups in total. The first-order valence-electron chi connectivity index (χ1n) is 4.59. The van der Waals surface area contributed by atoms with Crippen molar-refractivity contribution in [3.8, 4) is 12.1 Å². The molecule has 0 amide bonds. The number of nitrogens with zero attached hydrogens (tertiary/aromatic N) is 3. The molecule has 0 unspecified atom stereocenters. The van der Waals surface area contributed by atoms with Crippen molar-refractivity contribution in [1.29, 1.82) is 10.5 Å². The molecule has 6 heteroatoms. The van der Waals surface area contributed by atoms with Crippen molar-refractivity contribution < 1.29 is 13.2 Å². The van der Waals surface area contributed by atoms with Gasteiger partial charge in [0, 0.05) is 12.7 Å². The Labute approximate surface area is 96.3 Å². The minimum Gasteiger partial charge on any atom is -0.361 e. The molecule has 3 nitrogen and oxygen atoms in total. The minimum absolute atomic E-state index is 0.0246. The molecule has 0 radical (unpaired) electrons. The second-order valence-electron chi connectivity index (χ2n) is 3.35. The Morgan fingerprint density at radius 3 is 2.41 bits per heavy atom. The molecule has 0 atom stereocenters. The second kappa shape index (κ2) is 4.75. The van der Waals surface area contributed by atoms with Crippen LogP contribution in [0.4, 0.5) is 18.9 Å². The Morgan fingerprint density at radius 2 is 1.94 bits per heavy atom. The van der Waals surface area contributed by atoms with Crippen LogP contribution in [0.5, 0.6) is 0 Å². The van der Waals surface area contributed by atoms with E-state index in [0.29, 0.717) is 0 Å². The molecular formula is C11H8F3N3. The average Bonchev–Trinajstić information content (AvgIpc) is 2.27. The molecule has 88 valence electrons. The van der Waals surface area contributed by atoms with Crippen LogP contribution in [0.3, 0.4) is 0 Å². The molecule has 0 aliphatic carbocycles. The van der Waals surface area contributed by atoms with E-state index < -0.39 is 17.3 Å². The monoisotopic (exact) mass is 239 g/mol. The lowest BCUT2D eigenvalue weighted by Gasteiger charge is -2.17. The lowest BCUT2D eigenvalue weighted by Crippen LogP contribution is -2.18. The smallest absolute Gasteiger partial charge is 0.361 e. The molecule has 1 rings (SSSR count). The summed E-state index contributed by atoms with van der Waals surface area (Å²) < 4.78 is 37.9. The largest absolute Gasteiger partial charge is 0.417 e. The highest BCUT2D eigenvalue weighted by atomic mass is 19.4. The number of benzene rings is 1. The summed E-state index contributed by atoms with van der Waals surface area (Å²) >= 11 is 0. The average molecular weight is 239 g/mol. The number of alkyl halides is 3. The van der Waals surface area contributed by atoms with Gasteiger partial charge in [-0.3, -0.25) is 0 Å². The SMILES string of the molecule is CN(CC#N)c1ccc(C#N)c(C(F)(F)F)c1. The van der Waals surface area contributed by atoms with Crippen LogP contribution >= 0.6 is 0 Å². The second-order valence-corrected chi connectivity index (χ2v) is 3.35. The summed E-state index contributed by atoms with van der Waals surface area (Å²) in [6.07, 6.45) is -4.57. The summed E-state index contributed by atoms with van der Waals surface area (Å²) in [6, 6.07) is 6.68. The highest BCUT2D eigenvalue weighted by Gasteiger charge is 2.34. The Morgan fingerprint density at radius 1 is 1.29 bits per heavy atom. The van der Waals surface area contributed by atoms with Crippen LogP contribution in [-0.2, 0) is 6.18 Å². The highest BCUT2D eigenvalue weighted by Crippen LogP contribution is 2.34. The van der Waals surface area contributed by atoms with Gasteiger partial charge in [0.25, 0.3) is 0 Å². The molecule has 0 fully saturated rings. The van der Waals surface area contributed by atoms with Gasteiger partial charge in [0.05, 0.1) is 23.3 Å². The molecule has 0 bridgehead atoms. The van der Waals surface area contributed by atoms with Crippen LogP contribution in [0.15, 0.2) is 18.2 Å². The van der Waals surface area contributed by atoms with E-state index >= 15 is 0 Å². The number of hydrogen-bond donors (Lipinski definition) is 0. The van der Waals surface area contributed by atoms with Crippen LogP contribution in [0.1, 0.15) is 11.1 Å². The Kier molecular flexibility index (Phi) is 3.59. The van der Waals surface area contributed by atoms with Crippen molar-refractivity contribution >= 4 is 5.69 Å². The van der Waals surface area contributed by atoms with E-state index in [-0.39, 0.29) is 12.2 Å². The van der Waals surface area contributed by atoms with Crippen LogP contribution in [0.25, 0.3) is 0 Å². The Hall–Kier alpha value is -2.21. The molecule has 17 heavy (non-hydrogen) atoms. The zero-order valence-corrected chi connectivity index (χ0v) is 8.91. The van der Waals surface area contributed by atoms with Gasteiger partial charge in [0.15, 0.2) is 0 Å². The van der Waals surface area contributed by atoms with Gasteiger partial charge in [-0.2, -0.15) is 23.7 Å². The first-order chi connectivity index (χ1) is 7.90. The Bertz CT molecular complexity index is 494. The van der Waals surface area contributed by atoms with Crippen molar-refractivity contribution in [3.63, 3.8) is 0 Å². The van der Waals surface area contributed by atoms with E-state index in [2.05, 4.69) is 0 Å². The van der Waals surface area contributed by atoms with E-state index in [1.807, 2.05) is 6.07 Å². The lowest BCUT2D eigenvalue weighted by atomic mass is 10.1. The lowest BCUT2D eigenvalue weighted by molar-refractivity contribution is -0.137. The van der Waals surface area contributed by atoms with Gasteiger partial charge in [0.1, 0.15) is 6.54 Å². The number of anilines is 1. The molecule has 1 aromatic carbocycles. The molecule has 0 saturated carbocycles. The third-order valence-corrected chi connectivity index (χ3v) is 2.18. The van der Waals surface area contributed by atoms with Crippen LogP contribution < -0.4 is 4.90 Å². The minimum atomic E-state index is -4.57. The fraction of sp³-hybridized carbons (Fsp3) is 0.273. The number of halogens is 3. The van der Waals surface area contributed by atoms with Crippen molar-refractivity contribution in [2.24, 2.45) is 0 Å². The quantitative estimate of drug-likeness (QED) is 0.745. The molecule has 0 aromatic heterocycles. The van der Waals surface area contributed by atoms with Crippen molar-refractivity contribution in [2.45, 2.75) is 6.18 Å². The van der Waals surface area contributed by atoms with E-state index in [1.165, 1.54) is 24.1 Å². The van der Waals surface area contributed by atoms with Crippen LogP contribution in [0, 0.1) is 22.7 Å². The molecule has 1 aromatic rings. The van der Waals surface area contributed by atoms with Gasteiger partial charge < -0.3 is 4.90 Å². The van der Waals surface area contributed by atoms with Gasteiger partial charge in [0.2, 0.25) is 0 Å². The molecule has 0 heterocycles. The summed E-state index contributed by atoms with van der Waals surface area (Å²) in [5, 5.41) is 17.1. The van der Waals surface area contributed by atoms with Gasteiger partial charge in [-0.15, -0.1) is 0 Å². The Balaban J connectivity index is 3.25. The standard InChI is InChI=1S/C11H8F3N3/c1-17(5-4-15)9-3-2-8(7-16)10(6-9)11(12,13)14/h2-3,6H,5H2,1H3. The first kappa shape index (κ1) is 12.9. The van der Waals surface area contributed by atoms with E-state index in [1.54, 1.807) is 0 Å². The summed E-state index contributed by atoms with van der Waals surface area (Å²) in [5.74, 6) is 0. The molecular weight excluding hydrogens is 231 g/mol. The van der Waals surface area contributed by atoms with E-state index in [9.17, 15) is 13.2 Å². The third-order valence-electron chi connectivity index (χ3n) is 2.18. The molecule has 0 saturated heterocycles. The van der Waals surface area contributed by atoms with Gasteiger partial charge >= 0.3 is 6.18 Å². The van der Waals surface area contributed by atoms with Crippen LogP contribution in [0.2, 0.25) is 0 Å². The van der Waals surface area contributed by atoms with E-state index in [0.717, 1.165) is 12.1 Å². The first-order valence-corrected chi connectivity index (χ1v) is 4.59. The maximum absolute atomic E-state index is 12.6. The number of rotatable bonds is 2. The number of hydrogen-bond acceptors (Lipinski definition) is 3. The predicted octanol–water partition coefficient (Wildman–Crippen LogP) is 2.54. The van der Waals surface area contributed by atoms with Gasteiger partial charge in [-0.25, -0.2) is 0 Å². The molecule has 0 aliphatic rings. The maximum atomic E-state index is 12.6. The fourth-order valence-corrected chi connectivity index (χ4v) is 1.30. The van der Waals surface area contributed by atoms with Gasteiger partial charge in [-0.1, -0.05) is 0 Å². The van der Waals surface area contributed by atoms with E-state index in [4.69, 9.17) is 10.5 Å². The maximum Gasteiger partial charge on any atom is 0.417 e. The van der Waals surface area contributed by atoms with Crippen molar-refractivity contribution in [1.82, 2.24) is 0 Å². The topological polar surface area (TPSA) is 50.8 Å². The number of nitriles is 2. The van der Waals surface area contributed by atoms with Crippen LogP contribution in [-0.4, -0.2) is 13.6 Å². The third kappa shape index (κ3) is 2.88. The van der Waals surface area contributed by atoms with Crippen molar-refractivity contribution in [2.75, 3.05) is 18.5 Å². The zero-order chi connectivity index (χ0) is 13.1. The van der Waals surface area contributed by atoms with Gasteiger partial charge in [-0.05, 0) is 18.2 Å². The zero-order valence-electron chi connectivity index (χ0n) is 8.91.